The number of nitrogens with two attached hydrogens (primary N) is 1. The fourth-order valence-corrected chi connectivity index (χ4v) is 2.77. The first kappa shape index (κ1) is 12.0. The van der Waals surface area contributed by atoms with Crippen molar-refractivity contribution in [2.24, 2.45) is 5.73 Å². The summed E-state index contributed by atoms with van der Waals surface area (Å²) in [5.41, 5.74) is 6.97. The van der Waals surface area contributed by atoms with Gasteiger partial charge in [-0.05, 0) is 40.2 Å². The number of thiophene rings is 1. The maximum atomic E-state index is 6.07. The van der Waals surface area contributed by atoms with Crippen LogP contribution in [0.1, 0.15) is 16.6 Å². The molecule has 0 aliphatic rings. The lowest BCUT2D eigenvalue weighted by molar-refractivity contribution is 0.703. The molecule has 2 aromatic rings. The number of hydrogen-bond acceptors (Lipinski definition) is 3. The third kappa shape index (κ3) is 3.04. The maximum absolute atomic E-state index is 6.07. The Morgan fingerprint density at radius 1 is 1.38 bits per heavy atom. The molecule has 0 amide bonds. The molecule has 2 aromatic heterocycles. The average molecular weight is 318 g/mol. The number of hydrogen-bond donors (Lipinski definition) is 1. The lowest BCUT2D eigenvalue weighted by atomic mass is 10.1. The summed E-state index contributed by atoms with van der Waals surface area (Å²) in [5.74, 6) is 0. The van der Waals surface area contributed by atoms with Gasteiger partial charge in [0.2, 0.25) is 0 Å². The minimum absolute atomic E-state index is 0.0807. The van der Waals surface area contributed by atoms with Gasteiger partial charge in [-0.1, -0.05) is 11.6 Å². The number of nitrogens with zero attached hydrogens (tertiary/aromatic N) is 1. The average Bonchev–Trinajstić information content (AvgIpc) is 2.65. The lowest BCUT2D eigenvalue weighted by Crippen LogP contribution is -2.14. The van der Waals surface area contributed by atoms with Gasteiger partial charge in [0, 0.05) is 22.0 Å². The van der Waals surface area contributed by atoms with Gasteiger partial charge < -0.3 is 5.73 Å². The molecule has 2 rings (SSSR count). The van der Waals surface area contributed by atoms with Crippen molar-refractivity contribution in [3.05, 3.63) is 49.8 Å². The number of halogens is 2. The SMILES string of the molecule is NC(Cc1ccc(Cl)s1)c1ccc(Br)cn1. The van der Waals surface area contributed by atoms with E-state index in [0.717, 1.165) is 20.9 Å². The van der Waals surface area contributed by atoms with Crippen LogP contribution in [0.3, 0.4) is 0 Å². The first-order chi connectivity index (χ1) is 7.65. The van der Waals surface area contributed by atoms with Crippen LogP contribution in [0.5, 0.6) is 0 Å². The second kappa shape index (κ2) is 5.27. The van der Waals surface area contributed by atoms with Gasteiger partial charge in [-0.15, -0.1) is 11.3 Å². The van der Waals surface area contributed by atoms with Crippen molar-refractivity contribution >= 4 is 38.9 Å². The molecule has 0 saturated carbocycles. The van der Waals surface area contributed by atoms with E-state index in [1.54, 1.807) is 17.5 Å². The summed E-state index contributed by atoms with van der Waals surface area (Å²) in [6.07, 6.45) is 2.53. The molecule has 0 saturated heterocycles. The van der Waals surface area contributed by atoms with Gasteiger partial charge in [-0.25, -0.2) is 0 Å². The molecule has 0 bridgehead atoms. The fraction of sp³-hybridized carbons (Fsp3) is 0.182. The third-order valence-electron chi connectivity index (χ3n) is 2.18. The third-order valence-corrected chi connectivity index (χ3v) is 3.90. The number of aromatic nitrogens is 1. The van der Waals surface area contributed by atoms with Crippen LogP contribution in [0.15, 0.2) is 34.9 Å². The van der Waals surface area contributed by atoms with Crippen LogP contribution in [-0.4, -0.2) is 4.98 Å². The van der Waals surface area contributed by atoms with E-state index in [2.05, 4.69) is 20.9 Å². The predicted molar refractivity (Wildman–Crippen MR) is 71.9 cm³/mol. The zero-order valence-electron chi connectivity index (χ0n) is 8.36. The molecule has 5 heteroatoms. The van der Waals surface area contributed by atoms with E-state index < -0.39 is 0 Å². The van der Waals surface area contributed by atoms with E-state index in [9.17, 15) is 0 Å². The second-order valence-corrected chi connectivity index (χ2v) is 6.13. The molecular weight excluding hydrogens is 308 g/mol. The number of rotatable bonds is 3. The lowest BCUT2D eigenvalue weighted by Gasteiger charge is -2.09. The minimum Gasteiger partial charge on any atom is -0.322 e. The van der Waals surface area contributed by atoms with E-state index >= 15 is 0 Å². The summed E-state index contributed by atoms with van der Waals surface area (Å²) in [4.78, 5) is 5.46. The second-order valence-electron chi connectivity index (χ2n) is 3.42. The highest BCUT2D eigenvalue weighted by Crippen LogP contribution is 2.25. The Hall–Kier alpha value is -0.420. The van der Waals surface area contributed by atoms with Gasteiger partial charge in [0.1, 0.15) is 0 Å². The van der Waals surface area contributed by atoms with Crippen molar-refractivity contribution in [3.63, 3.8) is 0 Å². The molecule has 16 heavy (non-hydrogen) atoms. The molecule has 2 heterocycles. The van der Waals surface area contributed by atoms with Crippen LogP contribution in [-0.2, 0) is 6.42 Å². The Balaban J connectivity index is 2.08. The zero-order valence-corrected chi connectivity index (χ0v) is 11.5. The van der Waals surface area contributed by atoms with Crippen molar-refractivity contribution < 1.29 is 0 Å². The Morgan fingerprint density at radius 2 is 2.19 bits per heavy atom. The van der Waals surface area contributed by atoms with Gasteiger partial charge in [-0.2, -0.15) is 0 Å². The molecule has 0 aliphatic carbocycles. The Kier molecular flexibility index (Phi) is 3.97. The van der Waals surface area contributed by atoms with Gasteiger partial charge in [0.05, 0.1) is 16.1 Å². The van der Waals surface area contributed by atoms with Gasteiger partial charge >= 0.3 is 0 Å². The highest BCUT2D eigenvalue weighted by atomic mass is 79.9. The van der Waals surface area contributed by atoms with Crippen LogP contribution in [0.2, 0.25) is 4.34 Å². The minimum atomic E-state index is -0.0807. The molecular formula is C11H10BrClN2S. The molecule has 84 valence electrons. The smallest absolute Gasteiger partial charge is 0.0931 e. The molecule has 1 atom stereocenters. The van der Waals surface area contributed by atoms with Crippen molar-refractivity contribution in [1.29, 1.82) is 0 Å². The Bertz CT molecular complexity index is 469. The monoisotopic (exact) mass is 316 g/mol. The summed E-state index contributed by atoms with van der Waals surface area (Å²) in [6.45, 7) is 0. The highest BCUT2D eigenvalue weighted by Gasteiger charge is 2.09. The normalized spacial score (nSPS) is 12.7. The van der Waals surface area contributed by atoms with Crippen LogP contribution < -0.4 is 5.73 Å². The summed E-state index contributed by atoms with van der Waals surface area (Å²) in [7, 11) is 0. The van der Waals surface area contributed by atoms with Gasteiger partial charge in [0.15, 0.2) is 0 Å². The van der Waals surface area contributed by atoms with Crippen molar-refractivity contribution in [2.75, 3.05) is 0 Å². The topological polar surface area (TPSA) is 38.9 Å². The van der Waals surface area contributed by atoms with E-state index in [4.69, 9.17) is 17.3 Å². The van der Waals surface area contributed by atoms with Crippen molar-refractivity contribution in [3.8, 4) is 0 Å². The maximum Gasteiger partial charge on any atom is 0.0931 e. The summed E-state index contributed by atoms with van der Waals surface area (Å²) in [6, 6.07) is 7.70. The molecule has 0 fully saturated rings. The molecule has 2 nitrogen and oxygen atoms in total. The summed E-state index contributed by atoms with van der Waals surface area (Å²) >= 11 is 10.8. The zero-order chi connectivity index (χ0) is 11.5. The summed E-state index contributed by atoms with van der Waals surface area (Å²) < 4.78 is 1.76. The van der Waals surface area contributed by atoms with Gasteiger partial charge in [0.25, 0.3) is 0 Å². The Morgan fingerprint density at radius 3 is 2.75 bits per heavy atom. The predicted octanol–water partition coefficient (Wildman–Crippen LogP) is 3.80. The Labute approximate surface area is 112 Å². The van der Waals surface area contributed by atoms with E-state index in [0.29, 0.717) is 0 Å². The number of pyridine rings is 1. The molecule has 2 N–H and O–H groups in total. The van der Waals surface area contributed by atoms with E-state index in [1.165, 1.54) is 4.88 Å². The largest absolute Gasteiger partial charge is 0.322 e. The quantitative estimate of drug-likeness (QED) is 0.935. The molecule has 0 spiro atoms. The molecule has 1 unspecified atom stereocenters. The molecule has 0 aliphatic heterocycles. The molecule has 0 radical (unpaired) electrons. The van der Waals surface area contributed by atoms with Gasteiger partial charge in [-0.3, -0.25) is 4.98 Å². The van der Waals surface area contributed by atoms with Crippen molar-refractivity contribution in [1.82, 2.24) is 4.98 Å². The summed E-state index contributed by atoms with van der Waals surface area (Å²) in [5, 5.41) is 0. The molecule has 0 aromatic carbocycles. The van der Waals surface area contributed by atoms with Crippen molar-refractivity contribution in [2.45, 2.75) is 12.5 Å². The first-order valence-electron chi connectivity index (χ1n) is 4.76. The van der Waals surface area contributed by atoms with E-state index in [-0.39, 0.29) is 6.04 Å². The van der Waals surface area contributed by atoms with Crippen LogP contribution in [0, 0.1) is 0 Å². The standard InChI is InChI=1S/C11H10BrClN2S/c12-7-1-3-10(15-6-7)9(14)5-8-2-4-11(13)16-8/h1-4,6,9H,5,14H2. The highest BCUT2D eigenvalue weighted by molar-refractivity contribution is 9.10. The van der Waals surface area contributed by atoms with Crippen LogP contribution in [0.4, 0.5) is 0 Å². The fourth-order valence-electron chi connectivity index (χ4n) is 1.39. The van der Waals surface area contributed by atoms with E-state index in [1.807, 2.05) is 24.3 Å². The van der Waals surface area contributed by atoms with Crippen LogP contribution >= 0.6 is 38.9 Å². The first-order valence-corrected chi connectivity index (χ1v) is 6.75. The van der Waals surface area contributed by atoms with Crippen LogP contribution in [0.25, 0.3) is 0 Å².